The minimum atomic E-state index is 0.0359. The lowest BCUT2D eigenvalue weighted by molar-refractivity contribution is 0.0708. The third-order valence-corrected chi connectivity index (χ3v) is 6.54. The van der Waals surface area contributed by atoms with E-state index in [0.29, 0.717) is 18.1 Å². The van der Waals surface area contributed by atoms with Crippen molar-refractivity contribution < 1.29 is 9.53 Å². The predicted octanol–water partition coefficient (Wildman–Crippen LogP) is 3.21. The van der Waals surface area contributed by atoms with Crippen LogP contribution in [0.15, 0.2) is 41.8 Å². The Morgan fingerprint density at radius 1 is 1.30 bits per heavy atom. The molecule has 0 aliphatic carbocycles. The summed E-state index contributed by atoms with van der Waals surface area (Å²) in [6.07, 6.45) is 1.90. The van der Waals surface area contributed by atoms with Gasteiger partial charge in [-0.25, -0.2) is 0 Å². The van der Waals surface area contributed by atoms with E-state index in [2.05, 4.69) is 15.4 Å². The van der Waals surface area contributed by atoms with Crippen LogP contribution in [-0.4, -0.2) is 55.3 Å². The molecule has 30 heavy (non-hydrogen) atoms. The van der Waals surface area contributed by atoms with Crippen LogP contribution in [0.25, 0.3) is 21.6 Å². The van der Waals surface area contributed by atoms with Gasteiger partial charge in [-0.3, -0.25) is 4.79 Å². The third kappa shape index (κ3) is 3.24. The van der Waals surface area contributed by atoms with Crippen molar-refractivity contribution in [2.45, 2.75) is 25.4 Å². The van der Waals surface area contributed by atoms with Crippen molar-refractivity contribution in [3.63, 3.8) is 0 Å². The van der Waals surface area contributed by atoms with Crippen LogP contribution in [0.3, 0.4) is 0 Å². The summed E-state index contributed by atoms with van der Waals surface area (Å²) in [5.41, 5.74) is 1.68. The molecule has 3 aromatic heterocycles. The largest absolute Gasteiger partial charge is 0.497 e. The number of methoxy groups -OCH3 is 1. The molecule has 4 aromatic rings. The number of amides is 1. The van der Waals surface area contributed by atoms with Crippen molar-refractivity contribution in [3.05, 3.63) is 47.5 Å². The average Bonchev–Trinajstić information content (AvgIpc) is 3.55. The molecule has 0 radical (unpaired) electrons. The number of thiophene rings is 1. The van der Waals surface area contributed by atoms with Gasteiger partial charge in [0.2, 0.25) is 5.82 Å². The number of benzene rings is 1. The van der Waals surface area contributed by atoms with Gasteiger partial charge in [-0.1, -0.05) is 6.07 Å². The van der Waals surface area contributed by atoms with Gasteiger partial charge in [-0.05, 0) is 53.8 Å². The van der Waals surface area contributed by atoms with Gasteiger partial charge in [-0.2, -0.15) is 4.80 Å². The summed E-state index contributed by atoms with van der Waals surface area (Å²) in [4.78, 5) is 17.9. The summed E-state index contributed by atoms with van der Waals surface area (Å²) in [6.45, 7) is 1.28. The van der Waals surface area contributed by atoms with Crippen molar-refractivity contribution in [3.8, 4) is 16.5 Å². The number of aryl methyl sites for hydroxylation is 1. The summed E-state index contributed by atoms with van der Waals surface area (Å²) in [5.74, 6) is 1.45. The standard InChI is InChI=1S/C21H22N6O2S/c1-25-17-8-7-16(29-2)11-14(17)12-18(25)21(28)26-9-3-5-15(26)13-27-23-20(22-24-27)19-6-4-10-30-19/h4,6-8,10-12,15H,3,5,9,13H2,1-2H3/t15-/m1/s1. The maximum absolute atomic E-state index is 13.4. The van der Waals surface area contributed by atoms with Gasteiger partial charge in [0.25, 0.3) is 5.91 Å². The summed E-state index contributed by atoms with van der Waals surface area (Å²) in [5, 5.41) is 15.8. The van der Waals surface area contributed by atoms with Crippen molar-refractivity contribution in [1.82, 2.24) is 29.7 Å². The van der Waals surface area contributed by atoms with Crippen molar-refractivity contribution in [1.29, 1.82) is 0 Å². The first kappa shape index (κ1) is 18.8. The molecular weight excluding hydrogens is 400 g/mol. The smallest absolute Gasteiger partial charge is 0.270 e. The Morgan fingerprint density at radius 2 is 2.20 bits per heavy atom. The Kier molecular flexibility index (Phi) is 4.74. The van der Waals surface area contributed by atoms with E-state index in [1.807, 2.05) is 58.3 Å². The number of tetrazole rings is 1. The highest BCUT2D eigenvalue weighted by molar-refractivity contribution is 7.13. The second-order valence-corrected chi connectivity index (χ2v) is 8.40. The molecule has 1 saturated heterocycles. The molecule has 4 heterocycles. The fraction of sp³-hybridized carbons (Fsp3) is 0.333. The van der Waals surface area contributed by atoms with Crippen LogP contribution in [-0.2, 0) is 13.6 Å². The van der Waals surface area contributed by atoms with Crippen LogP contribution in [0.2, 0.25) is 0 Å². The van der Waals surface area contributed by atoms with Gasteiger partial charge >= 0.3 is 0 Å². The number of carbonyl (C=O) groups excluding carboxylic acids is 1. The van der Waals surface area contributed by atoms with Crippen LogP contribution < -0.4 is 4.74 Å². The molecule has 9 heteroatoms. The highest BCUT2D eigenvalue weighted by Gasteiger charge is 2.32. The average molecular weight is 423 g/mol. The van der Waals surface area contributed by atoms with E-state index >= 15 is 0 Å². The number of ether oxygens (including phenoxy) is 1. The van der Waals surface area contributed by atoms with E-state index in [1.54, 1.807) is 23.2 Å². The molecular formula is C21H22N6O2S. The Labute approximate surface area is 177 Å². The SMILES string of the molecule is COc1ccc2c(c1)cc(C(=O)N1CCC[C@@H]1Cn1nnc(-c3cccs3)n1)n2C. The summed E-state index contributed by atoms with van der Waals surface area (Å²) in [7, 11) is 3.58. The third-order valence-electron chi connectivity index (χ3n) is 5.68. The Morgan fingerprint density at radius 3 is 3.00 bits per heavy atom. The first-order valence-corrected chi connectivity index (χ1v) is 10.8. The van der Waals surface area contributed by atoms with Gasteiger partial charge in [0.05, 0.1) is 24.6 Å². The molecule has 1 fully saturated rings. The lowest BCUT2D eigenvalue weighted by Crippen LogP contribution is -2.39. The molecule has 0 saturated carbocycles. The maximum Gasteiger partial charge on any atom is 0.270 e. The lowest BCUT2D eigenvalue weighted by Gasteiger charge is -2.24. The molecule has 1 atom stereocenters. The van der Waals surface area contributed by atoms with E-state index in [1.165, 1.54) is 0 Å². The molecule has 0 N–H and O–H groups in total. The van der Waals surface area contributed by atoms with E-state index < -0.39 is 0 Å². The quantitative estimate of drug-likeness (QED) is 0.494. The zero-order chi connectivity index (χ0) is 20.7. The molecule has 1 aliphatic rings. The van der Waals surface area contributed by atoms with E-state index in [4.69, 9.17) is 4.74 Å². The normalized spacial score (nSPS) is 16.5. The Bertz CT molecular complexity index is 1200. The minimum absolute atomic E-state index is 0.0359. The zero-order valence-corrected chi connectivity index (χ0v) is 17.7. The van der Waals surface area contributed by atoms with Gasteiger partial charge in [0.1, 0.15) is 11.4 Å². The second-order valence-electron chi connectivity index (χ2n) is 7.45. The van der Waals surface area contributed by atoms with E-state index in [9.17, 15) is 4.79 Å². The number of rotatable bonds is 5. The van der Waals surface area contributed by atoms with Crippen LogP contribution in [0.5, 0.6) is 5.75 Å². The number of hydrogen-bond donors (Lipinski definition) is 0. The van der Waals surface area contributed by atoms with Crippen molar-refractivity contribution in [2.24, 2.45) is 7.05 Å². The number of fused-ring (bicyclic) bond motifs is 1. The number of carbonyl (C=O) groups is 1. The molecule has 154 valence electrons. The predicted molar refractivity (Wildman–Crippen MR) is 115 cm³/mol. The first-order valence-electron chi connectivity index (χ1n) is 9.90. The topological polar surface area (TPSA) is 78.1 Å². The molecule has 1 aliphatic heterocycles. The molecule has 0 unspecified atom stereocenters. The first-order chi connectivity index (χ1) is 14.6. The second kappa shape index (κ2) is 7.56. The van der Waals surface area contributed by atoms with Crippen molar-refractivity contribution >= 4 is 28.1 Å². The van der Waals surface area contributed by atoms with Crippen LogP contribution >= 0.6 is 11.3 Å². The Hall–Kier alpha value is -3.20. The van der Waals surface area contributed by atoms with Gasteiger partial charge < -0.3 is 14.2 Å². The molecule has 1 amide bonds. The number of likely N-dealkylation sites (tertiary alicyclic amines) is 1. The molecule has 5 rings (SSSR count). The monoisotopic (exact) mass is 422 g/mol. The number of aromatic nitrogens is 5. The van der Waals surface area contributed by atoms with Gasteiger partial charge in [0.15, 0.2) is 0 Å². The fourth-order valence-electron chi connectivity index (χ4n) is 4.11. The Balaban J connectivity index is 1.38. The zero-order valence-electron chi connectivity index (χ0n) is 16.9. The summed E-state index contributed by atoms with van der Waals surface area (Å²) in [6, 6.07) is 11.8. The maximum atomic E-state index is 13.4. The fourth-order valence-corrected chi connectivity index (χ4v) is 4.76. The molecule has 0 spiro atoms. The van der Waals surface area contributed by atoms with E-state index in [0.717, 1.165) is 40.9 Å². The highest BCUT2D eigenvalue weighted by Crippen LogP contribution is 2.27. The molecule has 0 bridgehead atoms. The minimum Gasteiger partial charge on any atom is -0.497 e. The van der Waals surface area contributed by atoms with Gasteiger partial charge in [0, 0.05) is 24.5 Å². The van der Waals surface area contributed by atoms with Crippen LogP contribution in [0, 0.1) is 0 Å². The van der Waals surface area contributed by atoms with E-state index in [-0.39, 0.29) is 11.9 Å². The van der Waals surface area contributed by atoms with Crippen LogP contribution in [0.1, 0.15) is 23.3 Å². The number of hydrogen-bond acceptors (Lipinski definition) is 6. The molecule has 1 aromatic carbocycles. The lowest BCUT2D eigenvalue weighted by atomic mass is 10.2. The van der Waals surface area contributed by atoms with Crippen molar-refractivity contribution in [2.75, 3.05) is 13.7 Å². The summed E-state index contributed by atoms with van der Waals surface area (Å²) < 4.78 is 7.27. The number of nitrogens with zero attached hydrogens (tertiary/aromatic N) is 6. The summed E-state index contributed by atoms with van der Waals surface area (Å²) >= 11 is 1.59. The molecule has 8 nitrogen and oxygen atoms in total. The highest BCUT2D eigenvalue weighted by atomic mass is 32.1. The van der Waals surface area contributed by atoms with Gasteiger partial charge in [-0.15, -0.1) is 21.5 Å². The van der Waals surface area contributed by atoms with Crippen LogP contribution in [0.4, 0.5) is 0 Å².